The lowest BCUT2D eigenvalue weighted by Gasteiger charge is -2.17. The minimum atomic E-state index is -0.205. The van der Waals surface area contributed by atoms with Crippen LogP contribution in [0.5, 0.6) is 0 Å². The second-order valence-electron chi connectivity index (χ2n) is 7.27. The van der Waals surface area contributed by atoms with Crippen molar-refractivity contribution < 1.29 is 9.59 Å². The van der Waals surface area contributed by atoms with Gasteiger partial charge in [0.15, 0.2) is 5.69 Å². The fraction of sp³-hybridized carbons (Fsp3) is 0.261. The third-order valence-electron chi connectivity index (χ3n) is 5.19. The van der Waals surface area contributed by atoms with Gasteiger partial charge in [0.05, 0.1) is 5.69 Å². The maximum atomic E-state index is 12.5. The van der Waals surface area contributed by atoms with Crippen LogP contribution in [0, 0.1) is 0 Å². The summed E-state index contributed by atoms with van der Waals surface area (Å²) in [6, 6.07) is 21.4. The number of para-hydroxylation sites is 1. The number of hydrogen-bond acceptors (Lipinski definition) is 3. The first-order valence-electron chi connectivity index (χ1n) is 9.93. The number of carbonyl (C=O) groups is 2. The van der Waals surface area contributed by atoms with Crippen LogP contribution in [0.1, 0.15) is 28.9 Å². The van der Waals surface area contributed by atoms with E-state index in [2.05, 4.69) is 10.4 Å². The number of nitrogens with zero attached hydrogens (tertiary/aromatic N) is 3. The van der Waals surface area contributed by atoms with Gasteiger partial charge >= 0.3 is 0 Å². The number of nitrogens with one attached hydrogen (secondary N) is 1. The molecule has 2 amide bonds. The SMILES string of the molecule is O=C(N[C@@H]1CCN(C(=O)CCc2ccccc2)C1)c1ccn(-c2ccccc2)n1. The first-order chi connectivity index (χ1) is 14.2. The number of aromatic nitrogens is 2. The van der Waals surface area contributed by atoms with Crippen molar-refractivity contribution >= 4 is 11.8 Å². The van der Waals surface area contributed by atoms with Crippen LogP contribution in [0.25, 0.3) is 5.69 Å². The molecule has 1 aliphatic heterocycles. The number of benzene rings is 2. The van der Waals surface area contributed by atoms with Gasteiger partial charge < -0.3 is 10.2 Å². The molecule has 0 bridgehead atoms. The monoisotopic (exact) mass is 388 g/mol. The molecular formula is C23H24N4O2. The van der Waals surface area contributed by atoms with E-state index in [4.69, 9.17) is 0 Å². The Morgan fingerprint density at radius 2 is 1.72 bits per heavy atom. The molecule has 1 N–H and O–H groups in total. The Morgan fingerprint density at radius 1 is 1.00 bits per heavy atom. The van der Waals surface area contributed by atoms with Crippen LogP contribution in [0.2, 0.25) is 0 Å². The first kappa shape index (κ1) is 18.9. The molecule has 29 heavy (non-hydrogen) atoms. The summed E-state index contributed by atoms with van der Waals surface area (Å²) in [6.45, 7) is 1.23. The molecule has 4 rings (SSSR count). The van der Waals surface area contributed by atoms with Crippen LogP contribution in [0.3, 0.4) is 0 Å². The predicted molar refractivity (Wildman–Crippen MR) is 111 cm³/mol. The summed E-state index contributed by atoms with van der Waals surface area (Å²) in [4.78, 5) is 26.9. The molecule has 2 heterocycles. The normalized spacial score (nSPS) is 16.0. The van der Waals surface area contributed by atoms with Gasteiger partial charge in [0.1, 0.15) is 0 Å². The van der Waals surface area contributed by atoms with Gasteiger partial charge in [0, 0.05) is 31.7 Å². The standard InChI is InChI=1S/C23H24N4O2/c28-22(12-11-18-7-3-1-4-8-18)26-15-13-19(17-26)24-23(29)21-14-16-27(25-21)20-9-5-2-6-10-20/h1-10,14,16,19H,11-13,15,17H2,(H,24,29)/t19-/m1/s1. The van der Waals surface area contributed by atoms with Crippen LogP contribution in [-0.4, -0.2) is 45.6 Å². The van der Waals surface area contributed by atoms with Gasteiger partial charge in [-0.05, 0) is 36.6 Å². The number of aryl methyl sites for hydroxylation is 1. The van der Waals surface area contributed by atoms with E-state index in [1.807, 2.05) is 65.6 Å². The molecule has 0 spiro atoms. The highest BCUT2D eigenvalue weighted by molar-refractivity contribution is 5.92. The van der Waals surface area contributed by atoms with Crippen LogP contribution in [0.4, 0.5) is 0 Å². The van der Waals surface area contributed by atoms with Crippen molar-refractivity contribution in [3.63, 3.8) is 0 Å². The molecule has 1 aliphatic rings. The van der Waals surface area contributed by atoms with Gasteiger partial charge in [0.2, 0.25) is 5.91 Å². The summed E-state index contributed by atoms with van der Waals surface area (Å²) in [5, 5.41) is 7.37. The van der Waals surface area contributed by atoms with Gasteiger partial charge in [-0.15, -0.1) is 0 Å². The molecule has 1 saturated heterocycles. The van der Waals surface area contributed by atoms with E-state index in [0.29, 0.717) is 25.2 Å². The zero-order valence-corrected chi connectivity index (χ0v) is 16.2. The second-order valence-corrected chi connectivity index (χ2v) is 7.27. The summed E-state index contributed by atoms with van der Waals surface area (Å²) in [6.07, 6.45) is 3.77. The highest BCUT2D eigenvalue weighted by atomic mass is 16.2. The molecule has 0 radical (unpaired) electrons. The molecular weight excluding hydrogens is 364 g/mol. The second kappa shape index (κ2) is 8.73. The number of hydrogen-bond donors (Lipinski definition) is 1. The van der Waals surface area contributed by atoms with Gasteiger partial charge in [-0.25, -0.2) is 4.68 Å². The molecule has 148 valence electrons. The molecule has 1 fully saturated rings. The average Bonchev–Trinajstić information content (AvgIpc) is 3.43. The van der Waals surface area contributed by atoms with E-state index in [1.165, 1.54) is 5.56 Å². The molecule has 2 aromatic carbocycles. The molecule has 6 heteroatoms. The van der Waals surface area contributed by atoms with Crippen LogP contribution < -0.4 is 5.32 Å². The Balaban J connectivity index is 1.28. The summed E-state index contributed by atoms with van der Waals surface area (Å²) >= 11 is 0. The molecule has 0 aliphatic carbocycles. The molecule has 6 nitrogen and oxygen atoms in total. The fourth-order valence-corrected chi connectivity index (χ4v) is 3.59. The molecule has 0 unspecified atom stereocenters. The summed E-state index contributed by atoms with van der Waals surface area (Å²) in [7, 11) is 0. The summed E-state index contributed by atoms with van der Waals surface area (Å²) in [5.41, 5.74) is 2.45. The number of carbonyl (C=O) groups excluding carboxylic acids is 2. The number of amides is 2. The van der Waals surface area contributed by atoms with E-state index in [9.17, 15) is 9.59 Å². The van der Waals surface area contributed by atoms with Gasteiger partial charge in [0.25, 0.3) is 5.91 Å². The van der Waals surface area contributed by atoms with E-state index in [-0.39, 0.29) is 17.9 Å². The lowest BCUT2D eigenvalue weighted by atomic mass is 10.1. The van der Waals surface area contributed by atoms with Gasteiger partial charge in [-0.2, -0.15) is 5.10 Å². The van der Waals surface area contributed by atoms with Crippen molar-refractivity contribution in [2.24, 2.45) is 0 Å². The Labute approximate surface area is 170 Å². The van der Waals surface area contributed by atoms with E-state index < -0.39 is 0 Å². The minimum absolute atomic E-state index is 0.0370. The predicted octanol–water partition coefficient (Wildman–Crippen LogP) is 2.84. The molecule has 3 aromatic rings. The Hall–Kier alpha value is -3.41. The van der Waals surface area contributed by atoms with Crippen LogP contribution in [0.15, 0.2) is 72.9 Å². The van der Waals surface area contributed by atoms with E-state index in [0.717, 1.165) is 18.5 Å². The van der Waals surface area contributed by atoms with E-state index >= 15 is 0 Å². The molecule has 1 atom stereocenters. The largest absolute Gasteiger partial charge is 0.346 e. The van der Waals surface area contributed by atoms with Gasteiger partial charge in [-0.1, -0.05) is 48.5 Å². The smallest absolute Gasteiger partial charge is 0.272 e. The highest BCUT2D eigenvalue weighted by Gasteiger charge is 2.27. The maximum Gasteiger partial charge on any atom is 0.272 e. The fourth-order valence-electron chi connectivity index (χ4n) is 3.59. The van der Waals surface area contributed by atoms with Crippen LogP contribution in [-0.2, 0) is 11.2 Å². The van der Waals surface area contributed by atoms with Crippen molar-refractivity contribution in [3.8, 4) is 5.69 Å². The first-order valence-corrected chi connectivity index (χ1v) is 9.93. The van der Waals surface area contributed by atoms with Crippen molar-refractivity contribution in [1.29, 1.82) is 0 Å². The Kier molecular flexibility index (Phi) is 5.70. The van der Waals surface area contributed by atoms with Crippen molar-refractivity contribution in [2.75, 3.05) is 13.1 Å². The van der Waals surface area contributed by atoms with Crippen molar-refractivity contribution in [1.82, 2.24) is 20.0 Å². The lowest BCUT2D eigenvalue weighted by Crippen LogP contribution is -2.38. The van der Waals surface area contributed by atoms with E-state index in [1.54, 1.807) is 16.9 Å². The summed E-state index contributed by atoms with van der Waals surface area (Å²) < 4.78 is 1.68. The van der Waals surface area contributed by atoms with Crippen molar-refractivity contribution in [3.05, 3.63) is 84.2 Å². The number of rotatable bonds is 6. The number of likely N-dealkylation sites (tertiary alicyclic amines) is 1. The lowest BCUT2D eigenvalue weighted by molar-refractivity contribution is -0.130. The zero-order chi connectivity index (χ0) is 20.1. The third kappa shape index (κ3) is 4.71. The minimum Gasteiger partial charge on any atom is -0.346 e. The quantitative estimate of drug-likeness (QED) is 0.706. The third-order valence-corrected chi connectivity index (χ3v) is 5.19. The maximum absolute atomic E-state index is 12.5. The Morgan fingerprint density at radius 3 is 2.48 bits per heavy atom. The molecule has 0 saturated carbocycles. The van der Waals surface area contributed by atoms with Gasteiger partial charge in [-0.3, -0.25) is 9.59 Å². The Bertz CT molecular complexity index is 969. The zero-order valence-electron chi connectivity index (χ0n) is 16.2. The summed E-state index contributed by atoms with van der Waals surface area (Å²) in [5.74, 6) is -0.0674. The average molecular weight is 388 g/mol. The molecule has 1 aromatic heterocycles. The van der Waals surface area contributed by atoms with Crippen molar-refractivity contribution in [2.45, 2.75) is 25.3 Å². The topological polar surface area (TPSA) is 67.2 Å². The van der Waals surface area contributed by atoms with Crippen LogP contribution >= 0.6 is 0 Å². The highest BCUT2D eigenvalue weighted by Crippen LogP contribution is 2.13.